The van der Waals surface area contributed by atoms with Crippen LogP contribution in [0.25, 0.3) is 0 Å². The number of hydrogen-bond donors (Lipinski definition) is 28. The van der Waals surface area contributed by atoms with Gasteiger partial charge in [0.2, 0.25) is 94.5 Å². The zero-order valence-electron chi connectivity index (χ0n) is 76.5. The van der Waals surface area contributed by atoms with Gasteiger partial charge in [-0.15, -0.1) is 0 Å². The van der Waals surface area contributed by atoms with Gasteiger partial charge in [-0.3, -0.25) is 91.5 Å². The molecule has 1 aromatic rings. The molecular formula is C80H141N27O23S2. The number of nitrogens with two attached hydrogens (primary N) is 8. The molecule has 52 heteroatoms. The van der Waals surface area contributed by atoms with Crippen molar-refractivity contribution in [3.8, 4) is 0 Å². The minimum atomic E-state index is -2.02. The largest absolute Gasteiger partial charge is 0.481 e. The minimum absolute atomic E-state index is 0.00942. The number of rotatable bonds is 65. The second-order valence-corrected chi connectivity index (χ2v) is 34.7. The summed E-state index contributed by atoms with van der Waals surface area (Å²) >= 11 is 2.56. The lowest BCUT2D eigenvalue weighted by molar-refractivity contribution is -0.146. The summed E-state index contributed by atoms with van der Waals surface area (Å²) in [4.78, 5) is 266. The van der Waals surface area contributed by atoms with Crippen LogP contribution in [0.4, 0.5) is 0 Å². The molecule has 2 rings (SSSR count). The van der Waals surface area contributed by atoms with Crippen LogP contribution in [0.1, 0.15) is 170 Å². The molecule has 36 N–H and O–H groups in total. The number of guanidine groups is 2. The maximum Gasteiger partial charge on any atom is 0.326 e. The third-order valence-electron chi connectivity index (χ3n) is 21.2. The number of hydrogen-bond acceptors (Lipinski definition) is 29. The smallest absolute Gasteiger partial charge is 0.326 e. The van der Waals surface area contributed by atoms with E-state index >= 15 is 0 Å². The van der Waals surface area contributed by atoms with Crippen molar-refractivity contribution in [2.45, 2.75) is 280 Å². The molecule has 0 spiro atoms. The summed E-state index contributed by atoms with van der Waals surface area (Å²) in [6, 6.07) is -25.3. The number of unbranched alkanes of at least 4 members (excludes halogenated alkanes) is 2. The number of H-pyrrole nitrogens is 1. The first-order valence-electron chi connectivity index (χ1n) is 43.7. The van der Waals surface area contributed by atoms with Crippen LogP contribution >= 0.6 is 23.5 Å². The van der Waals surface area contributed by atoms with Gasteiger partial charge in [0.15, 0.2) is 11.9 Å². The summed E-state index contributed by atoms with van der Waals surface area (Å²) in [5.74, 6) is -21.7. The van der Waals surface area contributed by atoms with E-state index in [-0.39, 0.29) is 126 Å². The number of carboxylic acids is 2. The molecular weight excluding hydrogens is 1770 g/mol. The average molecular weight is 1910 g/mol. The number of aliphatic imine (C=N–C) groups is 2. The Morgan fingerprint density at radius 3 is 1.31 bits per heavy atom. The molecule has 1 saturated heterocycles. The number of aromatic amines is 1. The van der Waals surface area contributed by atoms with E-state index in [0.717, 1.165) is 18.7 Å². The van der Waals surface area contributed by atoms with Crippen molar-refractivity contribution < 1.29 is 112 Å². The Bertz CT molecular complexity index is 4010. The first kappa shape index (κ1) is 117. The number of nitrogens with zero attached hydrogens (tertiary/aromatic N) is 4. The maximum absolute atomic E-state index is 14.9. The molecule has 0 aliphatic carbocycles. The zero-order valence-corrected chi connectivity index (χ0v) is 78.1. The van der Waals surface area contributed by atoms with Gasteiger partial charge in [0.25, 0.3) is 0 Å². The Labute approximate surface area is 774 Å². The number of aliphatic hydroxyl groups excluding tert-OH is 3. The Balaban J connectivity index is 2.53. The molecule has 1 aromatic heterocycles. The highest BCUT2D eigenvalue weighted by atomic mass is 32.2. The number of carbonyl (C=O) groups excluding carboxylic acids is 16. The first-order chi connectivity index (χ1) is 62.2. The summed E-state index contributed by atoms with van der Waals surface area (Å²) in [7, 11) is 0. The van der Waals surface area contributed by atoms with E-state index in [2.05, 4.69) is 94.4 Å². The molecule has 0 radical (unpaired) electrons. The highest BCUT2D eigenvalue weighted by Gasteiger charge is 2.44. The number of amides is 16. The molecule has 2 heterocycles. The summed E-state index contributed by atoms with van der Waals surface area (Å²) in [5.41, 5.74) is 45.1. The normalized spacial score (nSPS) is 16.5. The third kappa shape index (κ3) is 42.1. The highest BCUT2D eigenvalue weighted by molar-refractivity contribution is 7.98. The molecule has 0 saturated carbocycles. The lowest BCUT2D eigenvalue weighted by atomic mass is 9.95. The number of primary amides is 1. The molecule has 16 amide bonds. The van der Waals surface area contributed by atoms with Crippen LogP contribution < -0.4 is 120 Å². The predicted molar refractivity (Wildman–Crippen MR) is 487 cm³/mol. The lowest BCUT2D eigenvalue weighted by Crippen LogP contribution is -2.64. The lowest BCUT2D eigenvalue weighted by Gasteiger charge is -2.31. The van der Waals surface area contributed by atoms with Gasteiger partial charge in [-0.1, -0.05) is 54.4 Å². The fourth-order valence-electron chi connectivity index (χ4n) is 13.5. The molecule has 19 atom stereocenters. The van der Waals surface area contributed by atoms with Crippen LogP contribution in [-0.4, -0.2) is 331 Å². The first-order valence-corrected chi connectivity index (χ1v) is 46.5. The van der Waals surface area contributed by atoms with Gasteiger partial charge in [0.1, 0.15) is 90.6 Å². The van der Waals surface area contributed by atoms with Gasteiger partial charge in [-0.25, -0.2) is 9.78 Å². The van der Waals surface area contributed by atoms with Crippen LogP contribution in [0, 0.1) is 17.8 Å². The molecule has 132 heavy (non-hydrogen) atoms. The van der Waals surface area contributed by atoms with Gasteiger partial charge in [0.05, 0.1) is 44.0 Å². The second kappa shape index (κ2) is 61.4. The fourth-order valence-corrected chi connectivity index (χ4v) is 14.4. The molecule has 0 aromatic carbocycles. The van der Waals surface area contributed by atoms with E-state index in [4.69, 9.17) is 45.9 Å². The van der Waals surface area contributed by atoms with E-state index < -0.39 is 259 Å². The van der Waals surface area contributed by atoms with Gasteiger partial charge in [-0.2, -0.15) is 23.5 Å². The molecule has 1 aliphatic rings. The predicted octanol–water partition coefficient (Wildman–Crippen LogP) is -9.52. The number of likely N-dealkylation sites (tertiary alicyclic amines) is 1. The third-order valence-corrected chi connectivity index (χ3v) is 22.5. The van der Waals surface area contributed by atoms with Crippen LogP contribution in [-0.2, 0) is 92.7 Å². The maximum atomic E-state index is 14.9. The Hall–Kier alpha value is -11.3. The summed E-state index contributed by atoms with van der Waals surface area (Å²) in [5, 5.41) is 87.3. The fraction of sp³-hybridized carbons (Fsp3) is 0.713. The Morgan fingerprint density at radius 1 is 0.470 bits per heavy atom. The summed E-state index contributed by atoms with van der Waals surface area (Å²) in [6.45, 7) is 10.9. The Morgan fingerprint density at radius 2 is 0.856 bits per heavy atom. The molecule has 1 aliphatic heterocycles. The quantitative estimate of drug-likeness (QED) is 0.0164. The second-order valence-electron chi connectivity index (χ2n) is 32.7. The van der Waals surface area contributed by atoms with Crippen molar-refractivity contribution in [1.82, 2.24) is 89.3 Å². The van der Waals surface area contributed by atoms with E-state index in [1.807, 2.05) is 0 Å². The number of aliphatic hydroxyl groups is 3. The van der Waals surface area contributed by atoms with Crippen molar-refractivity contribution in [2.75, 3.05) is 63.3 Å². The standard InChI is InChI=1S/C80H141N27O23S2/c1-11-41(6)60(104-69(120)52(35-57(112)113)99-64(115)47(21-16-28-90-79(85)86)93-63(114)45(83)19-12-14-26-81)74(125)103-59(40(4)5)72(123)96-49(24-31-131-9)66(117)94-48(22-17-29-91-80(87)88)65(116)98-51(33-44-36-89-38-92-44)68(119)105-62(43(8)110)76(127)106-61(42(7)109)75(126)95-46(20-13-15-27-82)67(118)102-58(39(2)3)73(124)101-54(37-108)70(121)97-50(25-32-132-10)77(128)107-30-18-23-55(107)71(122)100-53(78(129)130)34-56(84)111/h36,38-43,45-55,58-62,108-110H,11-35,37,81-83H2,1-10H3,(H2,84,111)(H,89,92)(H,93,114)(H,94,117)(H,95,126)(H,96,123)(H,97,121)(H,98,116)(H,99,115)(H,100,122)(H,101,124)(H,102,118)(H,103,125)(H,104,120)(H,105,119)(H,106,127)(H,112,113)(H,129,130)(H4,85,86,90)(H4,87,88,91)/t41-,42+,43+,45-,46-,47-,48-,49-,50-,51-,52-,53-,54-,55-,58-,59-,60-,61-,62-/m0/s1. The number of nitrogens with one attached hydrogen (secondary N) is 15. The van der Waals surface area contributed by atoms with E-state index in [1.165, 1.54) is 49.9 Å². The minimum Gasteiger partial charge on any atom is -0.481 e. The van der Waals surface area contributed by atoms with E-state index in [1.54, 1.807) is 40.2 Å². The van der Waals surface area contributed by atoms with Crippen molar-refractivity contribution in [3.63, 3.8) is 0 Å². The molecule has 0 unspecified atom stereocenters. The van der Waals surface area contributed by atoms with Crippen molar-refractivity contribution >= 4 is 142 Å². The van der Waals surface area contributed by atoms with Gasteiger partial charge >= 0.3 is 11.9 Å². The monoisotopic (exact) mass is 1910 g/mol. The number of aromatic nitrogens is 2. The van der Waals surface area contributed by atoms with Crippen molar-refractivity contribution in [3.05, 3.63) is 18.2 Å². The van der Waals surface area contributed by atoms with Gasteiger partial charge in [-0.05, 0) is 152 Å². The van der Waals surface area contributed by atoms with Crippen molar-refractivity contribution in [2.24, 2.45) is 73.6 Å². The summed E-state index contributed by atoms with van der Waals surface area (Å²) in [6.07, 6.45) is 1.87. The highest BCUT2D eigenvalue weighted by Crippen LogP contribution is 2.22. The van der Waals surface area contributed by atoms with Crippen molar-refractivity contribution in [1.29, 1.82) is 0 Å². The zero-order chi connectivity index (χ0) is 99.8. The van der Waals surface area contributed by atoms with Crippen LogP contribution in [0.5, 0.6) is 0 Å². The number of imidazole rings is 1. The van der Waals surface area contributed by atoms with Gasteiger partial charge in [0, 0.05) is 37.9 Å². The van der Waals surface area contributed by atoms with E-state index in [0.29, 0.717) is 32.2 Å². The van der Waals surface area contributed by atoms with E-state index in [9.17, 15) is 112 Å². The number of carbonyl (C=O) groups is 18. The number of aliphatic carboxylic acids is 2. The Kier molecular flexibility index (Phi) is 54.3. The average Bonchev–Trinajstić information content (AvgIpc) is 1.64. The number of carboxylic acid groups (broad SMARTS) is 2. The molecule has 746 valence electrons. The number of thioether (sulfide) groups is 2. The van der Waals surface area contributed by atoms with Crippen LogP contribution in [0.2, 0.25) is 0 Å². The summed E-state index contributed by atoms with van der Waals surface area (Å²) < 4.78 is 0. The van der Waals surface area contributed by atoms with Crippen LogP contribution in [0.3, 0.4) is 0 Å². The molecule has 1 fully saturated rings. The van der Waals surface area contributed by atoms with Crippen LogP contribution in [0.15, 0.2) is 22.5 Å². The topological polar surface area (TPSA) is 842 Å². The molecule has 50 nitrogen and oxygen atoms in total. The SMILES string of the molecule is CC[C@H](C)[C@H](NC(=O)[C@H](CC(=O)O)NC(=O)[C@H](CCCN=C(N)N)NC(=O)[C@@H](N)CCCCN)C(=O)N[C@H](C(=O)N[C@@H](CCSC)C(=O)N[C@@H](CCCN=C(N)N)C(=O)N[C@@H](Cc1cnc[nH]1)C(=O)N[C@H](C(=O)N[C@H](C(=O)N[C@@H](CCCCN)C(=O)N[C@H](C(=O)N[C@@H](CO)C(=O)N[C@@H](CCSC)C(=O)N1CCC[C@H]1C(=O)N[C@@H](CC(N)=O)C(=O)O)C(C)C)[C@@H](C)O)[C@@H](C)O)C(C)C. The molecule has 0 bridgehead atoms. The van der Waals surface area contributed by atoms with Gasteiger partial charge < -0.3 is 156 Å².